The fraction of sp³-hybridized carbons (Fsp3) is 0.400. The second-order valence-corrected chi connectivity index (χ2v) is 3.86. The minimum atomic E-state index is 0.218. The Labute approximate surface area is 41.1 Å². The molecule has 0 amide bonds. The van der Waals surface area contributed by atoms with Crippen LogP contribution >= 0.6 is 0 Å². The Kier molecular flexibility index (Phi) is 1.10. The number of hydrogen-bond acceptors (Lipinski definition) is 0. The molecule has 0 spiro atoms. The highest BCUT2D eigenvalue weighted by molar-refractivity contribution is 6.47. The number of rotatable bonds is 0. The first kappa shape index (κ1) is 4.12. The van der Waals surface area contributed by atoms with E-state index in [1.807, 2.05) is 0 Å². The summed E-state index contributed by atoms with van der Waals surface area (Å²) in [4.78, 5) is 0. The SMILES string of the molecule is C=C1C[CH-]C[SiH2]1. The number of allylic oxidation sites excluding steroid dienone is 1. The van der Waals surface area contributed by atoms with E-state index in [1.165, 1.54) is 17.7 Å². The molecular weight excluding hydrogens is 88.1 g/mol. The molecule has 1 heteroatoms. The zero-order valence-electron chi connectivity index (χ0n) is 3.91. The summed E-state index contributed by atoms with van der Waals surface area (Å²) in [5.74, 6) is 0. The van der Waals surface area contributed by atoms with Crippen LogP contribution < -0.4 is 0 Å². The maximum Gasteiger partial charge on any atom is 0.0164 e. The Morgan fingerprint density at radius 2 is 2.67 bits per heavy atom. The highest BCUT2D eigenvalue weighted by atomic mass is 28.2. The smallest absolute Gasteiger partial charge is 0.0164 e. The second kappa shape index (κ2) is 1.60. The van der Waals surface area contributed by atoms with Crippen molar-refractivity contribution in [2.45, 2.75) is 12.5 Å². The van der Waals surface area contributed by atoms with Gasteiger partial charge in [0.25, 0.3) is 0 Å². The molecule has 0 aliphatic carbocycles. The van der Waals surface area contributed by atoms with Crippen LogP contribution in [0.3, 0.4) is 0 Å². The minimum absolute atomic E-state index is 0.218. The molecule has 1 aliphatic heterocycles. The van der Waals surface area contributed by atoms with E-state index < -0.39 is 0 Å². The van der Waals surface area contributed by atoms with Crippen molar-refractivity contribution >= 4 is 9.52 Å². The van der Waals surface area contributed by atoms with Crippen LogP contribution in [0.1, 0.15) is 6.42 Å². The van der Waals surface area contributed by atoms with Crippen LogP contribution in [-0.2, 0) is 0 Å². The average Bonchev–Trinajstić information content (AvgIpc) is 1.86. The molecule has 1 saturated heterocycles. The summed E-state index contributed by atoms with van der Waals surface area (Å²) in [5.41, 5.74) is 0. The maximum absolute atomic E-state index is 3.88. The van der Waals surface area contributed by atoms with Crippen molar-refractivity contribution < 1.29 is 0 Å². The first-order chi connectivity index (χ1) is 2.89. The van der Waals surface area contributed by atoms with Crippen molar-refractivity contribution in [3.05, 3.63) is 18.2 Å². The van der Waals surface area contributed by atoms with Crippen LogP contribution in [0.5, 0.6) is 0 Å². The highest BCUT2D eigenvalue weighted by Crippen LogP contribution is 2.12. The molecule has 1 fully saturated rings. The minimum Gasteiger partial charge on any atom is -0.328 e. The van der Waals surface area contributed by atoms with Gasteiger partial charge in [0, 0.05) is 9.52 Å². The van der Waals surface area contributed by atoms with E-state index in [0.29, 0.717) is 0 Å². The molecular formula is C5H9Si-. The summed E-state index contributed by atoms with van der Waals surface area (Å²) in [6.45, 7) is 3.88. The Bertz CT molecular complexity index is 58.3. The molecule has 6 heavy (non-hydrogen) atoms. The van der Waals surface area contributed by atoms with E-state index in [-0.39, 0.29) is 9.52 Å². The van der Waals surface area contributed by atoms with Gasteiger partial charge in [-0.25, -0.2) is 0 Å². The van der Waals surface area contributed by atoms with Crippen LogP contribution in [0.4, 0.5) is 0 Å². The van der Waals surface area contributed by atoms with Gasteiger partial charge in [-0.3, -0.25) is 0 Å². The van der Waals surface area contributed by atoms with Gasteiger partial charge < -0.3 is 6.42 Å². The number of hydrogen-bond donors (Lipinski definition) is 0. The molecule has 0 aromatic carbocycles. The van der Waals surface area contributed by atoms with Crippen LogP contribution in [0.2, 0.25) is 6.04 Å². The van der Waals surface area contributed by atoms with Gasteiger partial charge in [-0.1, -0.05) is 0 Å². The molecule has 0 nitrogen and oxygen atoms in total. The zero-order chi connectivity index (χ0) is 4.41. The third kappa shape index (κ3) is 0.715. The van der Waals surface area contributed by atoms with E-state index >= 15 is 0 Å². The highest BCUT2D eigenvalue weighted by Gasteiger charge is 1.91. The summed E-state index contributed by atoms with van der Waals surface area (Å²) in [6.07, 6.45) is 3.57. The standard InChI is InChI=1S/C5H9Si/c1-5-3-2-4-6-5/h2H,1,3-4,6H2/q-1. The van der Waals surface area contributed by atoms with Gasteiger partial charge in [-0.05, 0) is 0 Å². The normalized spacial score (nSPS) is 26.3. The first-order valence-electron chi connectivity index (χ1n) is 2.38. The van der Waals surface area contributed by atoms with Gasteiger partial charge in [0.2, 0.25) is 0 Å². The molecule has 0 bridgehead atoms. The quantitative estimate of drug-likeness (QED) is 0.308. The Hall–Kier alpha value is -0.0431. The van der Waals surface area contributed by atoms with Gasteiger partial charge in [-0.15, -0.1) is 11.8 Å². The monoisotopic (exact) mass is 97.0 g/mol. The lowest BCUT2D eigenvalue weighted by Crippen LogP contribution is -1.77. The lowest BCUT2D eigenvalue weighted by molar-refractivity contribution is 1.25. The van der Waals surface area contributed by atoms with E-state index in [4.69, 9.17) is 0 Å². The molecule has 0 aromatic heterocycles. The summed E-state index contributed by atoms with van der Waals surface area (Å²) in [7, 11) is 0.218. The van der Waals surface area contributed by atoms with E-state index in [2.05, 4.69) is 13.0 Å². The largest absolute Gasteiger partial charge is 0.328 e. The summed E-state index contributed by atoms with van der Waals surface area (Å²) in [5, 5.41) is 1.54. The van der Waals surface area contributed by atoms with Gasteiger partial charge >= 0.3 is 0 Å². The van der Waals surface area contributed by atoms with Crippen molar-refractivity contribution in [1.82, 2.24) is 0 Å². The van der Waals surface area contributed by atoms with Crippen molar-refractivity contribution in [1.29, 1.82) is 0 Å². The molecule has 0 N–H and O–H groups in total. The predicted octanol–water partition coefficient (Wildman–Crippen LogP) is 0.695. The van der Waals surface area contributed by atoms with E-state index in [9.17, 15) is 0 Å². The second-order valence-electron chi connectivity index (χ2n) is 1.78. The molecule has 0 aromatic rings. The topological polar surface area (TPSA) is 0 Å². The van der Waals surface area contributed by atoms with Crippen LogP contribution in [-0.4, -0.2) is 9.52 Å². The average molecular weight is 97.2 g/mol. The molecule has 0 saturated carbocycles. The van der Waals surface area contributed by atoms with E-state index in [1.54, 1.807) is 0 Å². The molecule has 34 valence electrons. The van der Waals surface area contributed by atoms with Crippen molar-refractivity contribution in [3.63, 3.8) is 0 Å². The summed E-state index contributed by atoms with van der Waals surface area (Å²) in [6, 6.07) is 1.40. The summed E-state index contributed by atoms with van der Waals surface area (Å²) < 4.78 is 0. The lowest BCUT2D eigenvalue weighted by Gasteiger charge is -1.89. The molecule has 0 atom stereocenters. The van der Waals surface area contributed by atoms with Crippen LogP contribution in [0.15, 0.2) is 11.8 Å². The zero-order valence-corrected chi connectivity index (χ0v) is 5.32. The Morgan fingerprint density at radius 1 is 1.83 bits per heavy atom. The summed E-state index contributed by atoms with van der Waals surface area (Å²) >= 11 is 0. The maximum atomic E-state index is 3.88. The molecule has 1 heterocycles. The van der Waals surface area contributed by atoms with Gasteiger partial charge in [-0.2, -0.15) is 12.5 Å². The van der Waals surface area contributed by atoms with Crippen molar-refractivity contribution in [2.75, 3.05) is 0 Å². The van der Waals surface area contributed by atoms with Gasteiger partial charge in [0.1, 0.15) is 0 Å². The predicted molar refractivity (Wildman–Crippen MR) is 31.4 cm³/mol. The van der Waals surface area contributed by atoms with Crippen molar-refractivity contribution in [2.24, 2.45) is 0 Å². The van der Waals surface area contributed by atoms with Gasteiger partial charge in [0.05, 0.1) is 0 Å². The molecule has 1 rings (SSSR count). The fourth-order valence-electron chi connectivity index (χ4n) is 0.714. The Morgan fingerprint density at radius 3 is 2.83 bits per heavy atom. The molecule has 0 unspecified atom stereocenters. The van der Waals surface area contributed by atoms with E-state index in [0.717, 1.165) is 0 Å². The Balaban J connectivity index is 2.37. The third-order valence-corrected chi connectivity index (χ3v) is 2.83. The molecule has 1 aliphatic rings. The fourth-order valence-corrected chi connectivity index (χ4v) is 1.94. The van der Waals surface area contributed by atoms with Crippen LogP contribution in [0, 0.1) is 6.42 Å². The van der Waals surface area contributed by atoms with Crippen molar-refractivity contribution in [3.8, 4) is 0 Å². The van der Waals surface area contributed by atoms with Gasteiger partial charge in [0.15, 0.2) is 0 Å². The van der Waals surface area contributed by atoms with Crippen LogP contribution in [0.25, 0.3) is 0 Å². The lowest BCUT2D eigenvalue weighted by atomic mass is 10.3. The first-order valence-corrected chi connectivity index (χ1v) is 4.08. The third-order valence-electron chi connectivity index (χ3n) is 1.14. The molecule has 0 radical (unpaired) electrons.